The second-order valence-electron chi connectivity index (χ2n) is 8.23. The molecular formula is C17H25N3O3S. The van der Waals surface area contributed by atoms with Crippen LogP contribution in [0, 0.1) is 23.2 Å². The lowest BCUT2D eigenvalue weighted by Gasteiger charge is -2.56. The smallest absolute Gasteiger partial charge is 0.282 e. The molecule has 0 aromatic rings. The van der Waals surface area contributed by atoms with Crippen molar-refractivity contribution in [3.05, 3.63) is 0 Å². The molecule has 0 aromatic heterocycles. The first-order valence-electron chi connectivity index (χ1n) is 9.01. The van der Waals surface area contributed by atoms with E-state index in [0.717, 1.165) is 23.5 Å². The molecule has 0 aromatic carbocycles. The van der Waals surface area contributed by atoms with Crippen molar-refractivity contribution in [3.63, 3.8) is 0 Å². The Labute approximate surface area is 146 Å². The van der Waals surface area contributed by atoms with Gasteiger partial charge in [0, 0.05) is 18.7 Å². The number of thioether (sulfide) groups is 1. The molecule has 4 aliphatic carbocycles. The van der Waals surface area contributed by atoms with Crippen LogP contribution in [0.4, 0.5) is 4.79 Å². The summed E-state index contributed by atoms with van der Waals surface area (Å²) in [5.41, 5.74) is 5.21. The average Bonchev–Trinajstić information content (AvgIpc) is 2.88. The molecular weight excluding hydrogens is 326 g/mol. The first-order valence-corrected chi connectivity index (χ1v) is 9.99. The second kappa shape index (κ2) is 6.24. The van der Waals surface area contributed by atoms with Crippen molar-refractivity contribution in [2.75, 3.05) is 18.8 Å². The summed E-state index contributed by atoms with van der Waals surface area (Å²) in [5.74, 6) is 2.76. The quantitative estimate of drug-likeness (QED) is 0.759. The van der Waals surface area contributed by atoms with Crippen molar-refractivity contribution in [2.45, 2.75) is 44.9 Å². The molecule has 3 amide bonds. The highest BCUT2D eigenvalue weighted by Crippen LogP contribution is 2.61. The zero-order chi connectivity index (χ0) is 16.7. The third kappa shape index (κ3) is 3.27. The first kappa shape index (κ1) is 16.2. The summed E-state index contributed by atoms with van der Waals surface area (Å²) in [6.45, 7) is 0.613. The number of rotatable bonds is 4. The van der Waals surface area contributed by atoms with Crippen LogP contribution in [-0.4, -0.2) is 40.8 Å². The van der Waals surface area contributed by atoms with Crippen LogP contribution in [0.3, 0.4) is 0 Å². The molecule has 0 atom stereocenters. The summed E-state index contributed by atoms with van der Waals surface area (Å²) in [4.78, 5) is 37.2. The molecule has 1 aliphatic heterocycles. The van der Waals surface area contributed by atoms with Crippen LogP contribution in [-0.2, 0) is 9.59 Å². The minimum Gasteiger partial charge on any atom is -0.323 e. The number of hydrazine groups is 1. The lowest BCUT2D eigenvalue weighted by molar-refractivity contribution is -0.134. The Morgan fingerprint density at radius 1 is 1.04 bits per heavy atom. The lowest BCUT2D eigenvalue weighted by Crippen LogP contribution is -2.51. The molecule has 132 valence electrons. The zero-order valence-corrected chi connectivity index (χ0v) is 14.7. The SMILES string of the molecule is O=C(CN1CCSC1=O)NNC(=O)CC12CC3CC(CC(C3)C1)C2. The molecule has 24 heavy (non-hydrogen) atoms. The van der Waals surface area contributed by atoms with E-state index < -0.39 is 0 Å². The van der Waals surface area contributed by atoms with Crippen molar-refractivity contribution < 1.29 is 14.4 Å². The predicted molar refractivity (Wildman–Crippen MR) is 90.9 cm³/mol. The lowest BCUT2D eigenvalue weighted by atomic mass is 9.49. The topological polar surface area (TPSA) is 78.5 Å². The maximum Gasteiger partial charge on any atom is 0.282 e. The Balaban J connectivity index is 1.25. The van der Waals surface area contributed by atoms with Crippen LogP contribution in [0.2, 0.25) is 0 Å². The van der Waals surface area contributed by atoms with E-state index in [1.54, 1.807) is 0 Å². The number of carbonyl (C=O) groups excluding carboxylic acids is 3. The molecule has 5 rings (SSSR count). The summed E-state index contributed by atoms with van der Waals surface area (Å²) in [5, 5.41) is -0.0648. The van der Waals surface area contributed by atoms with Gasteiger partial charge in [-0.1, -0.05) is 11.8 Å². The van der Waals surface area contributed by atoms with E-state index in [9.17, 15) is 14.4 Å². The van der Waals surface area contributed by atoms with Crippen LogP contribution in [0.15, 0.2) is 0 Å². The van der Waals surface area contributed by atoms with Gasteiger partial charge in [-0.05, 0) is 61.7 Å². The highest BCUT2D eigenvalue weighted by atomic mass is 32.2. The van der Waals surface area contributed by atoms with Gasteiger partial charge in [0.05, 0.1) is 0 Å². The van der Waals surface area contributed by atoms with Gasteiger partial charge in [0.25, 0.3) is 11.1 Å². The van der Waals surface area contributed by atoms with E-state index in [4.69, 9.17) is 0 Å². The largest absolute Gasteiger partial charge is 0.323 e. The second-order valence-corrected chi connectivity index (χ2v) is 9.27. The molecule has 0 spiro atoms. The Morgan fingerprint density at radius 3 is 2.17 bits per heavy atom. The van der Waals surface area contributed by atoms with Gasteiger partial charge in [-0.2, -0.15) is 0 Å². The molecule has 0 unspecified atom stereocenters. The van der Waals surface area contributed by atoms with Crippen LogP contribution in [0.5, 0.6) is 0 Å². The summed E-state index contributed by atoms with van der Waals surface area (Å²) in [7, 11) is 0. The Kier molecular flexibility index (Phi) is 4.22. The summed E-state index contributed by atoms with van der Waals surface area (Å²) < 4.78 is 0. The van der Waals surface area contributed by atoms with Gasteiger partial charge >= 0.3 is 0 Å². The summed E-state index contributed by atoms with van der Waals surface area (Å²) in [6.07, 6.45) is 8.15. The van der Waals surface area contributed by atoms with Crippen molar-refractivity contribution in [1.29, 1.82) is 0 Å². The fourth-order valence-electron chi connectivity index (χ4n) is 5.81. The molecule has 6 nitrogen and oxygen atoms in total. The molecule has 7 heteroatoms. The molecule has 1 saturated heterocycles. The number of carbonyl (C=O) groups is 3. The number of hydrogen-bond donors (Lipinski definition) is 2. The third-order valence-corrected chi connectivity index (χ3v) is 7.11. The highest BCUT2D eigenvalue weighted by molar-refractivity contribution is 8.13. The number of amides is 3. The molecule has 4 bridgehead atoms. The number of hydrogen-bond acceptors (Lipinski definition) is 4. The normalized spacial score (nSPS) is 36.9. The maximum atomic E-state index is 12.3. The van der Waals surface area contributed by atoms with E-state index in [2.05, 4.69) is 10.9 Å². The molecule has 0 radical (unpaired) electrons. The van der Waals surface area contributed by atoms with Crippen molar-refractivity contribution >= 4 is 28.8 Å². The van der Waals surface area contributed by atoms with Crippen molar-refractivity contribution in [1.82, 2.24) is 15.8 Å². The van der Waals surface area contributed by atoms with Gasteiger partial charge in [0.1, 0.15) is 6.54 Å². The van der Waals surface area contributed by atoms with Crippen LogP contribution < -0.4 is 10.9 Å². The monoisotopic (exact) mass is 351 g/mol. The average molecular weight is 351 g/mol. The van der Waals surface area contributed by atoms with Crippen LogP contribution >= 0.6 is 11.8 Å². The fraction of sp³-hybridized carbons (Fsp3) is 0.824. The van der Waals surface area contributed by atoms with E-state index >= 15 is 0 Å². The molecule has 4 saturated carbocycles. The summed E-state index contributed by atoms with van der Waals surface area (Å²) in [6, 6.07) is 0. The van der Waals surface area contributed by atoms with Crippen molar-refractivity contribution in [2.24, 2.45) is 23.2 Å². The number of nitrogens with zero attached hydrogens (tertiary/aromatic N) is 1. The minimum atomic E-state index is -0.329. The fourth-order valence-corrected chi connectivity index (χ4v) is 6.64. The Morgan fingerprint density at radius 2 is 1.62 bits per heavy atom. The van der Waals surface area contributed by atoms with Gasteiger partial charge in [-0.25, -0.2) is 0 Å². The van der Waals surface area contributed by atoms with Gasteiger partial charge in [0.15, 0.2) is 0 Å². The van der Waals surface area contributed by atoms with Gasteiger partial charge in [0.2, 0.25) is 5.91 Å². The van der Waals surface area contributed by atoms with E-state index in [0.29, 0.717) is 13.0 Å². The molecule has 1 heterocycles. The van der Waals surface area contributed by atoms with E-state index in [1.165, 1.54) is 55.2 Å². The highest BCUT2D eigenvalue weighted by Gasteiger charge is 2.51. The minimum absolute atomic E-state index is 0.0173. The van der Waals surface area contributed by atoms with Gasteiger partial charge in [-0.15, -0.1) is 0 Å². The van der Waals surface area contributed by atoms with Crippen LogP contribution in [0.1, 0.15) is 44.9 Å². The predicted octanol–water partition coefficient (Wildman–Crippen LogP) is 1.91. The maximum absolute atomic E-state index is 12.3. The summed E-state index contributed by atoms with van der Waals surface area (Å²) >= 11 is 1.23. The van der Waals surface area contributed by atoms with E-state index in [-0.39, 0.29) is 29.0 Å². The molecule has 2 N–H and O–H groups in total. The van der Waals surface area contributed by atoms with Gasteiger partial charge in [-0.3, -0.25) is 25.2 Å². The zero-order valence-electron chi connectivity index (χ0n) is 13.9. The van der Waals surface area contributed by atoms with Crippen LogP contribution in [0.25, 0.3) is 0 Å². The molecule has 5 aliphatic rings. The Bertz CT molecular complexity index is 530. The molecule has 5 fully saturated rings. The first-order chi connectivity index (χ1) is 11.5. The number of nitrogens with one attached hydrogen (secondary N) is 2. The van der Waals surface area contributed by atoms with Crippen molar-refractivity contribution in [3.8, 4) is 0 Å². The third-order valence-electron chi connectivity index (χ3n) is 6.22. The van der Waals surface area contributed by atoms with E-state index in [1.807, 2.05) is 0 Å². The Hall–Kier alpha value is -1.24. The van der Waals surface area contributed by atoms with Gasteiger partial charge < -0.3 is 4.90 Å². The standard InChI is InChI=1S/C17H25N3O3S/c21-14(18-19-15(22)10-20-1-2-24-16(20)23)9-17-6-11-3-12(7-17)5-13(4-11)8-17/h11-13H,1-10H2,(H,18,21)(H,19,22).